The van der Waals surface area contributed by atoms with Crippen LogP contribution in [0.5, 0.6) is 0 Å². The highest BCUT2D eigenvalue weighted by atomic mass is 32.1. The van der Waals surface area contributed by atoms with Crippen molar-refractivity contribution in [1.82, 2.24) is 5.32 Å². The standard InChI is InChI=1S/C19H27NS/c1-5-6-17-8-10-18(11-9-17)16(4)20-14(2)13-19-12-7-15(3)21-19/h7-12,14,16,20H,5-6,13H2,1-4H3. The topological polar surface area (TPSA) is 12.0 Å². The maximum atomic E-state index is 3.71. The first kappa shape index (κ1) is 16.3. The van der Waals surface area contributed by atoms with E-state index in [1.54, 1.807) is 0 Å². The van der Waals surface area contributed by atoms with Gasteiger partial charge in [0.1, 0.15) is 0 Å². The van der Waals surface area contributed by atoms with Crippen LogP contribution < -0.4 is 5.32 Å². The van der Waals surface area contributed by atoms with E-state index in [0.717, 1.165) is 6.42 Å². The monoisotopic (exact) mass is 301 g/mol. The fourth-order valence-corrected chi connectivity index (χ4v) is 3.76. The van der Waals surface area contributed by atoms with Crippen LogP contribution in [-0.4, -0.2) is 6.04 Å². The van der Waals surface area contributed by atoms with Crippen molar-refractivity contribution >= 4 is 11.3 Å². The van der Waals surface area contributed by atoms with Gasteiger partial charge >= 0.3 is 0 Å². The molecule has 2 rings (SSSR count). The molecular formula is C19H27NS. The number of aryl methyl sites for hydroxylation is 2. The molecule has 114 valence electrons. The van der Waals surface area contributed by atoms with Crippen molar-refractivity contribution in [2.75, 3.05) is 0 Å². The Morgan fingerprint density at radius 1 is 1.05 bits per heavy atom. The van der Waals surface area contributed by atoms with Gasteiger partial charge in [-0.3, -0.25) is 0 Å². The van der Waals surface area contributed by atoms with Gasteiger partial charge in [-0.25, -0.2) is 0 Å². The van der Waals surface area contributed by atoms with Gasteiger partial charge in [0.15, 0.2) is 0 Å². The van der Waals surface area contributed by atoms with Crippen LogP contribution in [0.25, 0.3) is 0 Å². The Balaban J connectivity index is 1.89. The Morgan fingerprint density at radius 3 is 2.33 bits per heavy atom. The lowest BCUT2D eigenvalue weighted by Gasteiger charge is -2.20. The summed E-state index contributed by atoms with van der Waals surface area (Å²) in [6, 6.07) is 14.4. The summed E-state index contributed by atoms with van der Waals surface area (Å²) >= 11 is 1.91. The molecule has 21 heavy (non-hydrogen) atoms. The van der Waals surface area contributed by atoms with Gasteiger partial charge in [0.2, 0.25) is 0 Å². The molecule has 2 unspecified atom stereocenters. The Kier molecular flexibility index (Phi) is 6.01. The molecule has 0 amide bonds. The molecule has 1 heterocycles. The molecule has 0 radical (unpaired) electrons. The van der Waals surface area contributed by atoms with Crippen molar-refractivity contribution in [2.24, 2.45) is 0 Å². The molecule has 2 atom stereocenters. The van der Waals surface area contributed by atoms with E-state index in [9.17, 15) is 0 Å². The molecule has 1 aromatic heterocycles. The van der Waals surface area contributed by atoms with Crippen LogP contribution in [-0.2, 0) is 12.8 Å². The predicted octanol–water partition coefficient (Wildman–Crippen LogP) is 5.29. The van der Waals surface area contributed by atoms with Crippen molar-refractivity contribution in [1.29, 1.82) is 0 Å². The van der Waals surface area contributed by atoms with Crippen LogP contribution in [0.4, 0.5) is 0 Å². The third-order valence-electron chi connectivity index (χ3n) is 3.86. The third-order valence-corrected chi connectivity index (χ3v) is 4.88. The number of hydrogen-bond acceptors (Lipinski definition) is 2. The van der Waals surface area contributed by atoms with E-state index < -0.39 is 0 Å². The Bertz CT molecular complexity index is 541. The minimum Gasteiger partial charge on any atom is -0.307 e. The summed E-state index contributed by atoms with van der Waals surface area (Å²) in [7, 11) is 0. The van der Waals surface area contributed by atoms with Crippen LogP contribution in [0.3, 0.4) is 0 Å². The second kappa shape index (κ2) is 7.77. The van der Waals surface area contributed by atoms with E-state index in [0.29, 0.717) is 12.1 Å². The lowest BCUT2D eigenvalue weighted by molar-refractivity contribution is 0.479. The second-order valence-corrected chi connectivity index (χ2v) is 7.37. The zero-order chi connectivity index (χ0) is 15.2. The SMILES string of the molecule is CCCc1ccc(C(C)NC(C)Cc2ccc(C)s2)cc1. The lowest BCUT2D eigenvalue weighted by Crippen LogP contribution is -2.30. The summed E-state index contributed by atoms with van der Waals surface area (Å²) in [5, 5.41) is 3.71. The second-order valence-electron chi connectivity index (χ2n) is 6.00. The molecule has 1 N–H and O–H groups in total. The van der Waals surface area contributed by atoms with Crippen molar-refractivity contribution in [3.8, 4) is 0 Å². The molecule has 0 aliphatic carbocycles. The van der Waals surface area contributed by atoms with Crippen molar-refractivity contribution in [3.63, 3.8) is 0 Å². The zero-order valence-electron chi connectivity index (χ0n) is 13.6. The molecule has 0 aliphatic rings. The molecule has 2 heteroatoms. The Labute approximate surface area is 133 Å². The van der Waals surface area contributed by atoms with Crippen LogP contribution in [0.1, 0.15) is 54.1 Å². The van der Waals surface area contributed by atoms with E-state index in [1.165, 1.54) is 33.7 Å². The van der Waals surface area contributed by atoms with Gasteiger partial charge in [0.05, 0.1) is 0 Å². The number of nitrogens with one attached hydrogen (secondary N) is 1. The van der Waals surface area contributed by atoms with E-state index in [-0.39, 0.29) is 0 Å². The van der Waals surface area contributed by atoms with Crippen LogP contribution in [0, 0.1) is 6.92 Å². The minimum atomic E-state index is 0.400. The quantitative estimate of drug-likeness (QED) is 0.732. The highest BCUT2D eigenvalue weighted by Gasteiger charge is 2.11. The predicted molar refractivity (Wildman–Crippen MR) is 94.2 cm³/mol. The number of rotatable bonds is 7. The third kappa shape index (κ3) is 4.98. The molecule has 0 spiro atoms. The number of thiophene rings is 1. The normalized spacial score (nSPS) is 14.1. The van der Waals surface area contributed by atoms with E-state index >= 15 is 0 Å². The lowest BCUT2D eigenvalue weighted by atomic mass is 10.0. The van der Waals surface area contributed by atoms with Gasteiger partial charge in [-0.15, -0.1) is 11.3 Å². The largest absolute Gasteiger partial charge is 0.307 e. The van der Waals surface area contributed by atoms with E-state index in [4.69, 9.17) is 0 Å². The average Bonchev–Trinajstić information content (AvgIpc) is 2.85. The van der Waals surface area contributed by atoms with Gasteiger partial charge in [-0.1, -0.05) is 37.6 Å². The average molecular weight is 301 g/mol. The summed E-state index contributed by atoms with van der Waals surface area (Å²) < 4.78 is 0. The van der Waals surface area contributed by atoms with Gasteiger partial charge in [-0.05, 0) is 56.9 Å². The van der Waals surface area contributed by atoms with E-state index in [1.807, 2.05) is 11.3 Å². The van der Waals surface area contributed by atoms with Crippen molar-refractivity contribution < 1.29 is 0 Å². The Morgan fingerprint density at radius 2 is 1.76 bits per heavy atom. The molecule has 0 saturated carbocycles. The first-order chi connectivity index (χ1) is 10.1. The van der Waals surface area contributed by atoms with Crippen LogP contribution in [0.2, 0.25) is 0 Å². The fraction of sp³-hybridized carbons (Fsp3) is 0.474. The molecular weight excluding hydrogens is 274 g/mol. The maximum absolute atomic E-state index is 3.71. The van der Waals surface area contributed by atoms with Gasteiger partial charge in [0.25, 0.3) is 0 Å². The zero-order valence-corrected chi connectivity index (χ0v) is 14.5. The molecule has 0 saturated heterocycles. The molecule has 2 aromatic rings. The van der Waals surface area contributed by atoms with Gasteiger partial charge in [0, 0.05) is 21.8 Å². The molecule has 0 bridgehead atoms. The summed E-state index contributed by atoms with van der Waals surface area (Å²) in [6.45, 7) is 8.93. The molecule has 1 aromatic carbocycles. The van der Waals surface area contributed by atoms with E-state index in [2.05, 4.69) is 69.4 Å². The highest BCUT2D eigenvalue weighted by molar-refractivity contribution is 7.11. The van der Waals surface area contributed by atoms with Crippen molar-refractivity contribution in [3.05, 3.63) is 57.3 Å². The van der Waals surface area contributed by atoms with Gasteiger partial charge in [-0.2, -0.15) is 0 Å². The Hall–Kier alpha value is -1.12. The summed E-state index contributed by atoms with van der Waals surface area (Å²) in [6.07, 6.45) is 3.50. The van der Waals surface area contributed by atoms with Crippen molar-refractivity contribution in [2.45, 2.75) is 59.0 Å². The maximum Gasteiger partial charge on any atom is 0.0294 e. The molecule has 1 nitrogen and oxygen atoms in total. The minimum absolute atomic E-state index is 0.400. The summed E-state index contributed by atoms with van der Waals surface area (Å²) in [4.78, 5) is 2.87. The summed E-state index contributed by atoms with van der Waals surface area (Å²) in [5.41, 5.74) is 2.82. The first-order valence-electron chi connectivity index (χ1n) is 7.98. The molecule has 0 fully saturated rings. The highest BCUT2D eigenvalue weighted by Crippen LogP contribution is 2.19. The van der Waals surface area contributed by atoms with Crippen LogP contribution >= 0.6 is 11.3 Å². The molecule has 0 aliphatic heterocycles. The number of hydrogen-bond donors (Lipinski definition) is 1. The fourth-order valence-electron chi connectivity index (χ4n) is 2.74. The number of benzene rings is 1. The van der Waals surface area contributed by atoms with Crippen LogP contribution in [0.15, 0.2) is 36.4 Å². The first-order valence-corrected chi connectivity index (χ1v) is 8.80. The smallest absolute Gasteiger partial charge is 0.0294 e. The van der Waals surface area contributed by atoms with Gasteiger partial charge < -0.3 is 5.32 Å². The summed E-state index contributed by atoms with van der Waals surface area (Å²) in [5.74, 6) is 0.